The van der Waals surface area contributed by atoms with E-state index in [1.165, 1.54) is 0 Å². The molecule has 0 bridgehead atoms. The van der Waals surface area contributed by atoms with Gasteiger partial charge in [0, 0.05) is 36.3 Å². The fourth-order valence-corrected chi connectivity index (χ4v) is 3.42. The smallest absolute Gasteiger partial charge is 0.151 e. The van der Waals surface area contributed by atoms with Crippen molar-refractivity contribution < 1.29 is 9.26 Å². The maximum absolute atomic E-state index is 5.82. The van der Waals surface area contributed by atoms with E-state index in [9.17, 15) is 0 Å². The normalized spacial score (nSPS) is 19.0. The van der Waals surface area contributed by atoms with Crippen LogP contribution in [-0.4, -0.2) is 34.7 Å². The van der Waals surface area contributed by atoms with Crippen LogP contribution in [0.3, 0.4) is 0 Å². The first-order valence-electron chi connectivity index (χ1n) is 7.63. The van der Waals surface area contributed by atoms with Crippen molar-refractivity contribution in [1.29, 1.82) is 0 Å². The molecule has 1 fully saturated rings. The number of benzene rings is 1. The van der Waals surface area contributed by atoms with E-state index in [-0.39, 0.29) is 6.10 Å². The van der Waals surface area contributed by atoms with E-state index in [1.807, 2.05) is 48.0 Å². The zero-order chi connectivity index (χ0) is 15.5. The van der Waals surface area contributed by atoms with Crippen LogP contribution in [0.25, 0.3) is 11.3 Å². The Hall–Kier alpha value is -2.02. The van der Waals surface area contributed by atoms with Crippen molar-refractivity contribution in [3.05, 3.63) is 58.7 Å². The summed E-state index contributed by atoms with van der Waals surface area (Å²) in [5, 5.41) is 7.20. The predicted octanol–water partition coefficient (Wildman–Crippen LogP) is 3.37. The number of thiazole rings is 1. The highest BCUT2D eigenvalue weighted by atomic mass is 32.1. The Morgan fingerprint density at radius 1 is 1.26 bits per heavy atom. The Labute approximate surface area is 138 Å². The van der Waals surface area contributed by atoms with Crippen LogP contribution in [0, 0.1) is 0 Å². The minimum atomic E-state index is 0.0558. The van der Waals surface area contributed by atoms with E-state index in [2.05, 4.69) is 15.0 Å². The summed E-state index contributed by atoms with van der Waals surface area (Å²) in [6.45, 7) is 3.17. The number of aromatic nitrogens is 2. The molecule has 0 N–H and O–H groups in total. The Morgan fingerprint density at radius 2 is 2.17 bits per heavy atom. The monoisotopic (exact) mass is 327 g/mol. The van der Waals surface area contributed by atoms with Gasteiger partial charge in [-0.3, -0.25) is 4.90 Å². The zero-order valence-electron chi connectivity index (χ0n) is 12.6. The fourth-order valence-electron chi connectivity index (χ4n) is 2.74. The summed E-state index contributed by atoms with van der Waals surface area (Å²) in [5.74, 6) is 0.878. The molecule has 4 rings (SSSR count). The van der Waals surface area contributed by atoms with E-state index in [1.54, 1.807) is 11.3 Å². The molecule has 0 amide bonds. The molecule has 0 saturated carbocycles. The van der Waals surface area contributed by atoms with E-state index in [4.69, 9.17) is 9.26 Å². The molecule has 1 aromatic carbocycles. The molecular formula is C17H17N3O2S. The Bertz CT molecular complexity index is 742. The maximum atomic E-state index is 5.82. The summed E-state index contributed by atoms with van der Waals surface area (Å²) in [4.78, 5) is 6.68. The van der Waals surface area contributed by atoms with Gasteiger partial charge in [0.25, 0.3) is 0 Å². The molecule has 2 aromatic heterocycles. The van der Waals surface area contributed by atoms with E-state index in [0.29, 0.717) is 6.61 Å². The van der Waals surface area contributed by atoms with Crippen molar-refractivity contribution in [1.82, 2.24) is 15.0 Å². The minimum Gasteiger partial charge on any atom is -0.368 e. The molecule has 3 heterocycles. The predicted molar refractivity (Wildman–Crippen MR) is 88.0 cm³/mol. The van der Waals surface area contributed by atoms with Crippen LogP contribution in [0.15, 0.2) is 52.5 Å². The van der Waals surface area contributed by atoms with Gasteiger partial charge in [0.05, 0.1) is 13.2 Å². The molecule has 1 saturated heterocycles. The molecule has 0 aliphatic carbocycles. The topological polar surface area (TPSA) is 51.4 Å². The van der Waals surface area contributed by atoms with Crippen molar-refractivity contribution >= 4 is 11.3 Å². The average molecular weight is 327 g/mol. The number of hydrogen-bond donors (Lipinski definition) is 0. The number of hydrogen-bond acceptors (Lipinski definition) is 6. The van der Waals surface area contributed by atoms with Crippen molar-refractivity contribution in [3.8, 4) is 11.3 Å². The van der Waals surface area contributed by atoms with Gasteiger partial charge in [-0.15, -0.1) is 11.3 Å². The highest BCUT2D eigenvalue weighted by molar-refractivity contribution is 7.09. The van der Waals surface area contributed by atoms with Crippen LogP contribution in [0.1, 0.15) is 16.9 Å². The van der Waals surface area contributed by atoms with Gasteiger partial charge in [-0.1, -0.05) is 35.5 Å². The average Bonchev–Trinajstić information content (AvgIpc) is 3.28. The van der Waals surface area contributed by atoms with Crippen molar-refractivity contribution in [3.63, 3.8) is 0 Å². The lowest BCUT2D eigenvalue weighted by Gasteiger charge is -2.31. The highest BCUT2D eigenvalue weighted by Crippen LogP contribution is 2.25. The van der Waals surface area contributed by atoms with Crippen LogP contribution < -0.4 is 0 Å². The van der Waals surface area contributed by atoms with Crippen LogP contribution >= 0.6 is 11.3 Å². The summed E-state index contributed by atoms with van der Waals surface area (Å²) in [7, 11) is 0. The quantitative estimate of drug-likeness (QED) is 0.735. The molecule has 5 nitrogen and oxygen atoms in total. The standard InChI is InChI=1S/C17H17N3O2S/c1-2-4-13(5-3-1)15-10-14(22-19-15)11-20-7-8-21-16(12-20)17-18-6-9-23-17/h1-6,9-10,16H,7-8,11-12H2. The fraction of sp³-hybridized carbons (Fsp3) is 0.294. The van der Waals surface area contributed by atoms with Crippen LogP contribution in [0.2, 0.25) is 0 Å². The molecule has 1 unspecified atom stereocenters. The van der Waals surface area contributed by atoms with Crippen molar-refractivity contribution in [2.45, 2.75) is 12.6 Å². The van der Waals surface area contributed by atoms with Gasteiger partial charge in [-0.05, 0) is 0 Å². The summed E-state index contributed by atoms with van der Waals surface area (Å²) in [6.07, 6.45) is 1.88. The van der Waals surface area contributed by atoms with Crippen molar-refractivity contribution in [2.24, 2.45) is 0 Å². The molecule has 6 heteroatoms. The number of nitrogens with zero attached hydrogens (tertiary/aromatic N) is 3. The van der Waals surface area contributed by atoms with E-state index >= 15 is 0 Å². The number of morpholine rings is 1. The third-order valence-electron chi connectivity index (χ3n) is 3.89. The van der Waals surface area contributed by atoms with Crippen LogP contribution in [0.5, 0.6) is 0 Å². The van der Waals surface area contributed by atoms with Gasteiger partial charge < -0.3 is 9.26 Å². The minimum absolute atomic E-state index is 0.0558. The first-order chi connectivity index (χ1) is 11.4. The van der Waals surface area contributed by atoms with Gasteiger partial charge in [-0.25, -0.2) is 4.98 Å². The SMILES string of the molecule is c1ccc(-c2cc(CN3CCOC(c4nccs4)C3)on2)cc1. The zero-order valence-corrected chi connectivity index (χ0v) is 13.4. The summed E-state index contributed by atoms with van der Waals surface area (Å²) >= 11 is 1.64. The second-order valence-electron chi connectivity index (χ2n) is 5.51. The van der Waals surface area contributed by atoms with Crippen molar-refractivity contribution in [2.75, 3.05) is 19.7 Å². The Kier molecular flexibility index (Phi) is 4.19. The maximum Gasteiger partial charge on any atom is 0.151 e. The van der Waals surface area contributed by atoms with Gasteiger partial charge in [0.2, 0.25) is 0 Å². The third kappa shape index (κ3) is 3.34. The number of ether oxygens (including phenoxy) is 1. The van der Waals surface area contributed by atoms with Gasteiger partial charge in [0.15, 0.2) is 5.76 Å². The third-order valence-corrected chi connectivity index (χ3v) is 4.75. The van der Waals surface area contributed by atoms with Gasteiger partial charge in [-0.2, -0.15) is 0 Å². The lowest BCUT2D eigenvalue weighted by atomic mass is 10.1. The van der Waals surface area contributed by atoms with Gasteiger partial charge >= 0.3 is 0 Å². The molecule has 0 spiro atoms. The molecule has 1 atom stereocenters. The molecule has 23 heavy (non-hydrogen) atoms. The Morgan fingerprint density at radius 3 is 3.00 bits per heavy atom. The Balaban J connectivity index is 1.43. The largest absolute Gasteiger partial charge is 0.368 e. The molecule has 1 aliphatic rings. The van der Waals surface area contributed by atoms with Crippen LogP contribution in [-0.2, 0) is 11.3 Å². The summed E-state index contributed by atoms with van der Waals surface area (Å²) in [5.41, 5.74) is 1.95. The molecule has 1 aliphatic heterocycles. The lowest BCUT2D eigenvalue weighted by Crippen LogP contribution is -2.37. The first-order valence-corrected chi connectivity index (χ1v) is 8.51. The second-order valence-corrected chi connectivity index (χ2v) is 6.44. The molecular weight excluding hydrogens is 310 g/mol. The molecule has 0 radical (unpaired) electrons. The second kappa shape index (κ2) is 6.62. The number of rotatable bonds is 4. The summed E-state index contributed by atoms with van der Waals surface area (Å²) in [6, 6.07) is 12.1. The van der Waals surface area contributed by atoms with Gasteiger partial charge in [0.1, 0.15) is 16.8 Å². The highest BCUT2D eigenvalue weighted by Gasteiger charge is 2.24. The lowest BCUT2D eigenvalue weighted by molar-refractivity contribution is -0.0351. The molecule has 118 valence electrons. The van der Waals surface area contributed by atoms with E-state index in [0.717, 1.165) is 41.7 Å². The first kappa shape index (κ1) is 14.6. The van der Waals surface area contributed by atoms with E-state index < -0.39 is 0 Å². The summed E-state index contributed by atoms with van der Waals surface area (Å²) < 4.78 is 11.3. The van der Waals surface area contributed by atoms with Crippen LogP contribution in [0.4, 0.5) is 0 Å². The molecule has 3 aromatic rings.